The van der Waals surface area contributed by atoms with Gasteiger partial charge in [-0.3, -0.25) is 9.69 Å². The van der Waals surface area contributed by atoms with Crippen molar-refractivity contribution in [1.29, 1.82) is 0 Å². The minimum Gasteiger partial charge on any atom is -0.399 e. The first-order valence-corrected chi connectivity index (χ1v) is 8.09. The minimum absolute atomic E-state index is 0.135. The van der Waals surface area contributed by atoms with Gasteiger partial charge in [0, 0.05) is 44.0 Å². The van der Waals surface area contributed by atoms with Crippen LogP contribution in [0.5, 0.6) is 0 Å². The Morgan fingerprint density at radius 2 is 1.67 bits per heavy atom. The highest BCUT2D eigenvalue weighted by Crippen LogP contribution is 2.25. The summed E-state index contributed by atoms with van der Waals surface area (Å²) in [6, 6.07) is 7.23. The Bertz CT molecular complexity index is 471. The van der Waals surface area contributed by atoms with Crippen LogP contribution in [-0.2, 0) is 0 Å². The van der Waals surface area contributed by atoms with E-state index in [2.05, 4.69) is 4.90 Å². The lowest BCUT2D eigenvalue weighted by Crippen LogP contribution is -2.49. The Labute approximate surface area is 126 Å². The van der Waals surface area contributed by atoms with Crippen molar-refractivity contribution in [1.82, 2.24) is 9.80 Å². The van der Waals surface area contributed by atoms with Crippen molar-refractivity contribution in [3.8, 4) is 0 Å². The van der Waals surface area contributed by atoms with E-state index in [1.54, 1.807) is 12.1 Å². The van der Waals surface area contributed by atoms with Gasteiger partial charge in [-0.25, -0.2) is 0 Å². The van der Waals surface area contributed by atoms with Gasteiger partial charge in [0.05, 0.1) is 0 Å². The first kappa shape index (κ1) is 14.4. The normalized spacial score (nSPS) is 20.9. The lowest BCUT2D eigenvalue weighted by molar-refractivity contribution is 0.0618. The zero-order valence-corrected chi connectivity index (χ0v) is 12.6. The molecule has 3 rings (SSSR count). The van der Waals surface area contributed by atoms with E-state index in [4.69, 9.17) is 5.73 Å². The van der Waals surface area contributed by atoms with Gasteiger partial charge in [0.25, 0.3) is 5.91 Å². The molecule has 1 aliphatic heterocycles. The maximum atomic E-state index is 12.4. The SMILES string of the molecule is Nc1ccc(C(=O)N2CCN(CC3CCCC3)CC2)cc1. The fraction of sp³-hybridized carbons (Fsp3) is 0.588. The van der Waals surface area contributed by atoms with Crippen LogP contribution in [0.15, 0.2) is 24.3 Å². The predicted molar refractivity (Wildman–Crippen MR) is 85.2 cm³/mol. The Hall–Kier alpha value is -1.55. The van der Waals surface area contributed by atoms with Gasteiger partial charge in [-0.2, -0.15) is 0 Å². The van der Waals surface area contributed by atoms with Gasteiger partial charge < -0.3 is 10.6 Å². The number of nitrogens with zero attached hydrogens (tertiary/aromatic N) is 2. The number of rotatable bonds is 3. The summed E-state index contributed by atoms with van der Waals surface area (Å²) >= 11 is 0. The van der Waals surface area contributed by atoms with Crippen molar-refractivity contribution < 1.29 is 4.79 Å². The third-order valence-corrected chi connectivity index (χ3v) is 4.81. The van der Waals surface area contributed by atoms with E-state index in [9.17, 15) is 4.79 Å². The molecule has 0 spiro atoms. The van der Waals surface area contributed by atoms with Gasteiger partial charge in [0.2, 0.25) is 0 Å². The number of piperazine rings is 1. The largest absolute Gasteiger partial charge is 0.399 e. The summed E-state index contributed by atoms with van der Waals surface area (Å²) in [6.07, 6.45) is 5.59. The molecule has 0 unspecified atom stereocenters. The van der Waals surface area contributed by atoms with Crippen molar-refractivity contribution in [2.24, 2.45) is 5.92 Å². The first-order valence-electron chi connectivity index (χ1n) is 8.09. The molecule has 0 aromatic heterocycles. The maximum absolute atomic E-state index is 12.4. The standard InChI is InChI=1S/C17H25N3O/c18-16-7-5-15(6-8-16)17(21)20-11-9-19(10-12-20)13-14-3-1-2-4-14/h5-8,14H,1-4,9-13,18H2. The molecule has 1 amide bonds. The van der Waals surface area contributed by atoms with Gasteiger partial charge >= 0.3 is 0 Å². The summed E-state index contributed by atoms with van der Waals surface area (Å²) in [7, 11) is 0. The van der Waals surface area contributed by atoms with Gasteiger partial charge in [-0.15, -0.1) is 0 Å². The summed E-state index contributed by atoms with van der Waals surface area (Å²) in [5.74, 6) is 1.03. The predicted octanol–water partition coefficient (Wildman–Crippen LogP) is 2.22. The van der Waals surface area contributed by atoms with Crippen molar-refractivity contribution in [2.75, 3.05) is 38.5 Å². The summed E-state index contributed by atoms with van der Waals surface area (Å²) in [6.45, 7) is 4.93. The third kappa shape index (κ3) is 3.56. The zero-order valence-electron chi connectivity index (χ0n) is 12.6. The summed E-state index contributed by atoms with van der Waals surface area (Å²) in [5.41, 5.74) is 7.12. The monoisotopic (exact) mass is 287 g/mol. The topological polar surface area (TPSA) is 49.6 Å². The molecule has 2 N–H and O–H groups in total. The van der Waals surface area contributed by atoms with Crippen LogP contribution < -0.4 is 5.73 Å². The molecule has 4 heteroatoms. The van der Waals surface area contributed by atoms with Crippen LogP contribution in [0.4, 0.5) is 5.69 Å². The number of carbonyl (C=O) groups excluding carboxylic acids is 1. The lowest BCUT2D eigenvalue weighted by atomic mass is 10.1. The highest BCUT2D eigenvalue weighted by Gasteiger charge is 2.24. The van der Waals surface area contributed by atoms with E-state index in [-0.39, 0.29) is 5.91 Å². The van der Waals surface area contributed by atoms with Gasteiger partial charge in [-0.05, 0) is 43.0 Å². The number of nitrogen functional groups attached to an aromatic ring is 1. The molecular formula is C17H25N3O. The number of nitrogens with two attached hydrogens (primary N) is 1. The molecule has 1 saturated heterocycles. The first-order chi connectivity index (χ1) is 10.2. The third-order valence-electron chi connectivity index (χ3n) is 4.81. The highest BCUT2D eigenvalue weighted by molar-refractivity contribution is 5.94. The molecule has 1 aromatic rings. The second-order valence-corrected chi connectivity index (χ2v) is 6.37. The summed E-state index contributed by atoms with van der Waals surface area (Å²) in [4.78, 5) is 16.9. The fourth-order valence-corrected chi connectivity index (χ4v) is 3.50. The van der Waals surface area contributed by atoms with Gasteiger partial charge in [0.1, 0.15) is 0 Å². The molecule has 1 heterocycles. The van der Waals surface area contributed by atoms with Crippen LogP contribution in [-0.4, -0.2) is 48.4 Å². The number of amides is 1. The average molecular weight is 287 g/mol. The van der Waals surface area contributed by atoms with Crippen LogP contribution in [0.1, 0.15) is 36.0 Å². The molecule has 0 bridgehead atoms. The molecule has 0 radical (unpaired) electrons. The quantitative estimate of drug-likeness (QED) is 0.867. The highest BCUT2D eigenvalue weighted by atomic mass is 16.2. The summed E-state index contributed by atoms with van der Waals surface area (Å²) in [5, 5.41) is 0. The van der Waals surface area contributed by atoms with Crippen molar-refractivity contribution >= 4 is 11.6 Å². The van der Waals surface area contributed by atoms with Crippen LogP contribution >= 0.6 is 0 Å². The number of hydrogen-bond acceptors (Lipinski definition) is 3. The van der Waals surface area contributed by atoms with Gasteiger partial charge in [0.15, 0.2) is 0 Å². The van der Waals surface area contributed by atoms with E-state index >= 15 is 0 Å². The number of hydrogen-bond donors (Lipinski definition) is 1. The minimum atomic E-state index is 0.135. The average Bonchev–Trinajstić information content (AvgIpc) is 3.01. The molecule has 1 aliphatic carbocycles. The zero-order chi connectivity index (χ0) is 14.7. The second-order valence-electron chi connectivity index (χ2n) is 6.37. The number of benzene rings is 1. The fourth-order valence-electron chi connectivity index (χ4n) is 3.50. The van der Waals surface area contributed by atoms with Gasteiger partial charge in [-0.1, -0.05) is 12.8 Å². The van der Waals surface area contributed by atoms with Crippen LogP contribution in [0.3, 0.4) is 0 Å². The molecular weight excluding hydrogens is 262 g/mol. The van der Waals surface area contributed by atoms with E-state index in [0.717, 1.165) is 37.7 Å². The molecule has 2 fully saturated rings. The van der Waals surface area contributed by atoms with Crippen LogP contribution in [0.25, 0.3) is 0 Å². The molecule has 4 nitrogen and oxygen atoms in total. The van der Waals surface area contributed by atoms with E-state index in [1.165, 1.54) is 32.2 Å². The molecule has 1 aromatic carbocycles. The Morgan fingerprint density at radius 1 is 1.05 bits per heavy atom. The number of anilines is 1. The van der Waals surface area contributed by atoms with Crippen molar-refractivity contribution in [3.05, 3.63) is 29.8 Å². The molecule has 2 aliphatic rings. The second kappa shape index (κ2) is 6.48. The molecule has 1 saturated carbocycles. The van der Waals surface area contributed by atoms with Crippen molar-refractivity contribution in [2.45, 2.75) is 25.7 Å². The Morgan fingerprint density at radius 3 is 2.29 bits per heavy atom. The van der Waals surface area contributed by atoms with E-state index in [1.807, 2.05) is 17.0 Å². The molecule has 0 atom stereocenters. The van der Waals surface area contributed by atoms with Crippen LogP contribution in [0.2, 0.25) is 0 Å². The van der Waals surface area contributed by atoms with E-state index in [0.29, 0.717) is 5.69 Å². The van der Waals surface area contributed by atoms with Crippen LogP contribution in [0, 0.1) is 5.92 Å². The smallest absolute Gasteiger partial charge is 0.253 e. The number of carbonyl (C=O) groups is 1. The Kier molecular flexibility index (Phi) is 4.44. The van der Waals surface area contributed by atoms with Crippen molar-refractivity contribution in [3.63, 3.8) is 0 Å². The molecule has 21 heavy (non-hydrogen) atoms. The molecule has 114 valence electrons. The van der Waals surface area contributed by atoms with E-state index < -0.39 is 0 Å². The maximum Gasteiger partial charge on any atom is 0.253 e. The lowest BCUT2D eigenvalue weighted by Gasteiger charge is -2.36. The Balaban J connectivity index is 1.50. The summed E-state index contributed by atoms with van der Waals surface area (Å²) < 4.78 is 0.